The molecule has 0 unspecified atom stereocenters. The molecule has 0 spiro atoms. The van der Waals surface area contributed by atoms with Crippen LogP contribution in [0.15, 0.2) is 67.3 Å². The molecular weight excluding hydrogens is 298 g/mol. The fourth-order valence-corrected chi connectivity index (χ4v) is 2.54. The van der Waals surface area contributed by atoms with Crippen molar-refractivity contribution >= 4 is 5.69 Å². The average Bonchev–Trinajstić information content (AvgIpc) is 2.61. The van der Waals surface area contributed by atoms with Crippen LogP contribution in [0.2, 0.25) is 0 Å². The number of hydrogen-bond acceptors (Lipinski definition) is 3. The summed E-state index contributed by atoms with van der Waals surface area (Å²) in [5.74, 6) is 0. The average molecular weight is 318 g/mol. The maximum atomic E-state index is 12.7. The highest BCUT2D eigenvalue weighted by molar-refractivity contribution is 5.78. The number of benzene rings is 1. The lowest BCUT2D eigenvalue weighted by Gasteiger charge is -2.29. The van der Waals surface area contributed by atoms with Crippen molar-refractivity contribution in [1.82, 2.24) is 9.97 Å². The second-order valence-electron chi connectivity index (χ2n) is 6.71. The van der Waals surface area contributed by atoms with Gasteiger partial charge < -0.3 is 0 Å². The highest BCUT2D eigenvalue weighted by Crippen LogP contribution is 2.33. The van der Waals surface area contributed by atoms with Crippen molar-refractivity contribution in [3.63, 3.8) is 0 Å². The third kappa shape index (κ3) is 3.44. The van der Waals surface area contributed by atoms with E-state index < -0.39 is 5.54 Å². The lowest BCUT2D eigenvalue weighted by Crippen LogP contribution is -2.37. The molecule has 0 aliphatic carbocycles. The highest BCUT2D eigenvalue weighted by Gasteiger charge is 2.22. The van der Waals surface area contributed by atoms with Gasteiger partial charge in [0.15, 0.2) is 0 Å². The molecule has 0 aliphatic heterocycles. The van der Waals surface area contributed by atoms with E-state index in [2.05, 4.69) is 16.0 Å². The van der Waals surface area contributed by atoms with Crippen molar-refractivity contribution in [3.8, 4) is 22.3 Å². The Balaban J connectivity index is 2.16. The Labute approximate surface area is 142 Å². The van der Waals surface area contributed by atoms with E-state index in [0.717, 1.165) is 27.3 Å². The summed E-state index contributed by atoms with van der Waals surface area (Å²) >= 11 is 0. The van der Waals surface area contributed by atoms with E-state index in [9.17, 15) is 5.21 Å². The summed E-state index contributed by atoms with van der Waals surface area (Å²) in [4.78, 5) is 8.14. The first-order valence-electron chi connectivity index (χ1n) is 7.88. The van der Waals surface area contributed by atoms with Gasteiger partial charge in [-0.15, -0.1) is 0 Å². The summed E-state index contributed by atoms with van der Waals surface area (Å²) in [5.41, 5.74) is 4.18. The van der Waals surface area contributed by atoms with Crippen LogP contribution in [0.1, 0.15) is 20.8 Å². The molecule has 2 heterocycles. The van der Waals surface area contributed by atoms with Gasteiger partial charge in [0.1, 0.15) is 0 Å². The summed E-state index contributed by atoms with van der Waals surface area (Å²) in [6.45, 7) is 5.72. The molecule has 4 nitrogen and oxygen atoms in total. The Morgan fingerprint density at radius 2 is 1.12 bits per heavy atom. The Morgan fingerprint density at radius 1 is 0.708 bits per heavy atom. The molecule has 3 aromatic rings. The van der Waals surface area contributed by atoms with Crippen LogP contribution in [0, 0.1) is 0 Å². The topological polar surface area (TPSA) is 48.9 Å². The smallest absolute Gasteiger partial charge is 0.0686 e. The van der Waals surface area contributed by atoms with Crippen LogP contribution in [0.3, 0.4) is 0 Å². The van der Waals surface area contributed by atoms with Gasteiger partial charge in [0.05, 0.1) is 11.2 Å². The molecule has 0 aliphatic rings. The van der Waals surface area contributed by atoms with Crippen LogP contribution in [-0.4, -0.2) is 15.5 Å². The monoisotopic (exact) mass is 318 g/mol. The molecular formula is C20H20N3O. The van der Waals surface area contributed by atoms with Gasteiger partial charge in [-0.05, 0) is 85.5 Å². The Kier molecular flexibility index (Phi) is 4.32. The number of hydrogen-bond donors (Lipinski definition) is 0. The molecule has 0 fully saturated rings. The molecule has 1 radical (unpaired) electrons. The normalized spacial score (nSPS) is 11.3. The zero-order chi connectivity index (χ0) is 17.2. The lowest BCUT2D eigenvalue weighted by atomic mass is 9.98. The zero-order valence-corrected chi connectivity index (χ0v) is 14.1. The minimum Gasteiger partial charge on any atom is -0.265 e. The Hall–Kier alpha value is -2.72. The van der Waals surface area contributed by atoms with Crippen LogP contribution in [0.25, 0.3) is 22.3 Å². The van der Waals surface area contributed by atoms with E-state index in [-0.39, 0.29) is 0 Å². The van der Waals surface area contributed by atoms with Gasteiger partial charge >= 0.3 is 0 Å². The minimum atomic E-state index is -0.508. The van der Waals surface area contributed by atoms with Crippen LogP contribution in [0.5, 0.6) is 0 Å². The first-order chi connectivity index (χ1) is 11.4. The molecule has 121 valence electrons. The summed E-state index contributed by atoms with van der Waals surface area (Å²) in [5, 5.41) is 13.8. The molecule has 0 atom stereocenters. The second-order valence-corrected chi connectivity index (χ2v) is 6.71. The molecule has 0 saturated carbocycles. The maximum Gasteiger partial charge on any atom is 0.0686 e. The van der Waals surface area contributed by atoms with E-state index in [0.29, 0.717) is 5.69 Å². The molecule has 0 N–H and O–H groups in total. The van der Waals surface area contributed by atoms with Gasteiger partial charge in [0.2, 0.25) is 0 Å². The van der Waals surface area contributed by atoms with Crippen LogP contribution >= 0.6 is 0 Å². The summed E-state index contributed by atoms with van der Waals surface area (Å²) in [7, 11) is 0. The number of anilines is 1. The van der Waals surface area contributed by atoms with Crippen molar-refractivity contribution in [3.05, 3.63) is 67.3 Å². The number of nitrogens with zero attached hydrogens (tertiary/aromatic N) is 3. The van der Waals surface area contributed by atoms with Crippen LogP contribution in [-0.2, 0) is 5.21 Å². The van der Waals surface area contributed by atoms with Crippen molar-refractivity contribution in [2.45, 2.75) is 26.3 Å². The molecule has 4 heteroatoms. The molecule has 1 aromatic carbocycles. The van der Waals surface area contributed by atoms with Crippen LogP contribution in [0.4, 0.5) is 5.69 Å². The maximum absolute atomic E-state index is 12.7. The molecule has 0 amide bonds. The van der Waals surface area contributed by atoms with E-state index in [1.54, 1.807) is 24.8 Å². The predicted octanol–water partition coefficient (Wildman–Crippen LogP) is 4.76. The summed E-state index contributed by atoms with van der Waals surface area (Å²) < 4.78 is 0. The fourth-order valence-electron chi connectivity index (χ4n) is 2.54. The fraction of sp³-hybridized carbons (Fsp3) is 0.200. The van der Waals surface area contributed by atoms with E-state index in [1.165, 1.54) is 0 Å². The molecule has 2 aromatic heterocycles. The molecule has 3 rings (SSSR count). The van der Waals surface area contributed by atoms with Crippen molar-refractivity contribution < 1.29 is 5.21 Å². The van der Waals surface area contributed by atoms with Crippen molar-refractivity contribution in [1.29, 1.82) is 0 Å². The van der Waals surface area contributed by atoms with E-state index >= 15 is 0 Å². The number of aromatic nitrogens is 2. The number of pyridine rings is 2. The largest absolute Gasteiger partial charge is 0.265 e. The molecule has 24 heavy (non-hydrogen) atoms. The lowest BCUT2D eigenvalue weighted by molar-refractivity contribution is 0.102. The van der Waals surface area contributed by atoms with Gasteiger partial charge in [-0.25, -0.2) is 5.06 Å². The van der Waals surface area contributed by atoms with Crippen molar-refractivity contribution in [2.24, 2.45) is 0 Å². The van der Waals surface area contributed by atoms with Gasteiger partial charge in [0.25, 0.3) is 0 Å². The molecule has 0 saturated heterocycles. The van der Waals surface area contributed by atoms with Gasteiger partial charge in [-0.2, -0.15) is 0 Å². The second kappa shape index (κ2) is 6.42. The standard InChI is InChI=1S/C20H20N3O/c1-20(2,3)23(24)19-13-17(15-4-8-21-9-5-15)12-18(14-19)16-6-10-22-11-7-16/h4-14H,1-3H3. The zero-order valence-electron chi connectivity index (χ0n) is 14.1. The van der Waals surface area contributed by atoms with Crippen molar-refractivity contribution in [2.75, 3.05) is 5.06 Å². The number of rotatable bonds is 3. The van der Waals surface area contributed by atoms with Gasteiger partial charge in [0, 0.05) is 24.8 Å². The number of hydroxylamine groups is 1. The minimum absolute atomic E-state index is 0.508. The predicted molar refractivity (Wildman–Crippen MR) is 95.8 cm³/mol. The Morgan fingerprint density at radius 3 is 1.50 bits per heavy atom. The summed E-state index contributed by atoms with van der Waals surface area (Å²) in [6.07, 6.45) is 7.03. The first kappa shape index (κ1) is 16.1. The summed E-state index contributed by atoms with van der Waals surface area (Å²) in [6, 6.07) is 13.7. The third-order valence-electron chi connectivity index (χ3n) is 3.79. The first-order valence-corrected chi connectivity index (χ1v) is 7.88. The Bertz CT molecular complexity index is 754. The van der Waals surface area contributed by atoms with Crippen LogP contribution < -0.4 is 5.06 Å². The quantitative estimate of drug-likeness (QED) is 0.654. The van der Waals surface area contributed by atoms with Gasteiger partial charge in [-0.1, -0.05) is 5.21 Å². The van der Waals surface area contributed by atoms with E-state index in [1.807, 2.05) is 57.2 Å². The SMILES string of the molecule is CC(C)(C)N([O])c1cc(-c2ccncc2)cc(-c2ccncc2)c1. The van der Waals surface area contributed by atoms with Gasteiger partial charge in [-0.3, -0.25) is 9.97 Å². The third-order valence-corrected chi connectivity index (χ3v) is 3.79. The molecule has 0 bridgehead atoms. The van der Waals surface area contributed by atoms with E-state index in [4.69, 9.17) is 0 Å². The highest BCUT2D eigenvalue weighted by atomic mass is 16.5.